The Kier molecular flexibility index (Phi) is 5.07. The van der Waals surface area contributed by atoms with Crippen LogP contribution in [0.1, 0.15) is 32.6 Å². The van der Waals surface area contributed by atoms with E-state index in [1.807, 2.05) is 6.92 Å². The minimum atomic E-state index is 0.513. The third-order valence-corrected chi connectivity index (χ3v) is 1.12. The highest BCUT2D eigenvalue weighted by Gasteiger charge is 1.92. The quantitative estimate of drug-likeness (QED) is 0.444. The number of rotatable bonds is 5. The summed E-state index contributed by atoms with van der Waals surface area (Å²) in [5, 5.41) is 7.23. The van der Waals surface area contributed by atoms with Gasteiger partial charge in [-0.15, -0.1) is 0 Å². The van der Waals surface area contributed by atoms with Crippen LogP contribution in [0.3, 0.4) is 0 Å². The first kappa shape index (κ1) is 8.34. The fraction of sp³-hybridized carbons (Fsp3) is 0.714. The lowest BCUT2D eigenvalue weighted by Crippen LogP contribution is -1.94. The summed E-state index contributed by atoms with van der Waals surface area (Å²) in [4.78, 5) is 9.82. The number of aldehydes is 1. The van der Waals surface area contributed by atoms with Crippen molar-refractivity contribution in [1.29, 1.82) is 5.41 Å². The van der Waals surface area contributed by atoms with Crippen LogP contribution in [0.25, 0.3) is 0 Å². The molecule has 0 spiro atoms. The molecule has 0 radical (unpaired) electrons. The zero-order valence-corrected chi connectivity index (χ0v) is 5.81. The molecule has 0 aliphatic carbocycles. The van der Waals surface area contributed by atoms with E-state index in [0.717, 1.165) is 19.1 Å². The molecule has 0 atom stereocenters. The van der Waals surface area contributed by atoms with Crippen LogP contribution in [-0.4, -0.2) is 12.0 Å². The van der Waals surface area contributed by atoms with Gasteiger partial charge in [0.25, 0.3) is 0 Å². The van der Waals surface area contributed by atoms with Crippen molar-refractivity contribution in [3.05, 3.63) is 0 Å². The third-order valence-electron chi connectivity index (χ3n) is 1.12. The van der Waals surface area contributed by atoms with Crippen LogP contribution in [0.15, 0.2) is 0 Å². The molecule has 0 heterocycles. The summed E-state index contributed by atoms with van der Waals surface area (Å²) in [6, 6.07) is 0. The molecule has 0 unspecified atom stereocenters. The Balaban J connectivity index is 3.16. The molecule has 0 bridgehead atoms. The van der Waals surface area contributed by atoms with Crippen LogP contribution in [0.2, 0.25) is 0 Å². The molecule has 0 aliphatic heterocycles. The molecule has 9 heavy (non-hydrogen) atoms. The first-order valence-corrected chi connectivity index (χ1v) is 3.31. The standard InChI is InChI=1S/C7H13NO/c1-2-4-7(8)5-3-6-9/h6,8H,2-5H2,1H3. The fourth-order valence-corrected chi connectivity index (χ4v) is 0.660. The maximum Gasteiger partial charge on any atom is 0.120 e. The van der Waals surface area contributed by atoms with Crippen molar-refractivity contribution in [1.82, 2.24) is 0 Å². The van der Waals surface area contributed by atoms with Crippen molar-refractivity contribution in [2.75, 3.05) is 0 Å². The Hall–Kier alpha value is -0.660. The molecule has 0 rings (SSSR count). The molecule has 0 aromatic heterocycles. The maximum atomic E-state index is 9.82. The van der Waals surface area contributed by atoms with E-state index >= 15 is 0 Å². The molecule has 2 nitrogen and oxygen atoms in total. The van der Waals surface area contributed by atoms with Gasteiger partial charge in [0.2, 0.25) is 0 Å². The Bertz CT molecular complexity index is 99.1. The topological polar surface area (TPSA) is 40.9 Å². The number of hydrogen-bond acceptors (Lipinski definition) is 2. The van der Waals surface area contributed by atoms with Crippen molar-refractivity contribution in [2.45, 2.75) is 32.6 Å². The smallest absolute Gasteiger partial charge is 0.120 e. The molecule has 0 saturated heterocycles. The minimum Gasteiger partial charge on any atom is -0.310 e. The van der Waals surface area contributed by atoms with E-state index in [-0.39, 0.29) is 0 Å². The summed E-state index contributed by atoms with van der Waals surface area (Å²) < 4.78 is 0. The van der Waals surface area contributed by atoms with Gasteiger partial charge in [0, 0.05) is 12.1 Å². The lowest BCUT2D eigenvalue weighted by molar-refractivity contribution is -0.107. The molecule has 0 fully saturated rings. The van der Waals surface area contributed by atoms with Crippen LogP contribution in [-0.2, 0) is 4.79 Å². The number of hydrogen-bond donors (Lipinski definition) is 1. The average molecular weight is 127 g/mol. The number of carbonyl (C=O) groups is 1. The molecule has 0 aliphatic rings. The van der Waals surface area contributed by atoms with E-state index in [1.165, 1.54) is 0 Å². The summed E-state index contributed by atoms with van der Waals surface area (Å²) in [5.41, 5.74) is 0.699. The van der Waals surface area contributed by atoms with Gasteiger partial charge < -0.3 is 10.2 Å². The van der Waals surface area contributed by atoms with Crippen LogP contribution in [0.5, 0.6) is 0 Å². The zero-order valence-electron chi connectivity index (χ0n) is 5.81. The number of carbonyl (C=O) groups excluding carboxylic acids is 1. The molecule has 1 N–H and O–H groups in total. The Morgan fingerprint density at radius 1 is 1.56 bits per heavy atom. The SMILES string of the molecule is CCCC(=N)CCC=O. The van der Waals surface area contributed by atoms with Crippen molar-refractivity contribution in [2.24, 2.45) is 0 Å². The molecule has 0 aromatic carbocycles. The average Bonchev–Trinajstić information content (AvgIpc) is 1.85. The minimum absolute atomic E-state index is 0.513. The second kappa shape index (κ2) is 5.48. The highest BCUT2D eigenvalue weighted by atomic mass is 16.1. The highest BCUT2D eigenvalue weighted by Crippen LogP contribution is 1.95. The van der Waals surface area contributed by atoms with Gasteiger partial charge in [-0.05, 0) is 12.8 Å². The Morgan fingerprint density at radius 2 is 2.22 bits per heavy atom. The summed E-state index contributed by atoms with van der Waals surface area (Å²) in [6.07, 6.45) is 3.88. The molecule has 0 aromatic rings. The predicted octanol–water partition coefficient (Wildman–Crippen LogP) is 1.79. The Morgan fingerprint density at radius 3 is 2.67 bits per heavy atom. The van der Waals surface area contributed by atoms with Crippen molar-refractivity contribution in [3.63, 3.8) is 0 Å². The van der Waals surface area contributed by atoms with Crippen LogP contribution in [0, 0.1) is 5.41 Å². The molecule has 0 saturated carbocycles. The summed E-state index contributed by atoms with van der Waals surface area (Å²) in [6.45, 7) is 2.04. The Labute approximate surface area is 55.8 Å². The normalized spacial score (nSPS) is 9.00. The summed E-state index contributed by atoms with van der Waals surface area (Å²) in [7, 11) is 0. The first-order chi connectivity index (χ1) is 4.31. The summed E-state index contributed by atoms with van der Waals surface area (Å²) >= 11 is 0. The highest BCUT2D eigenvalue weighted by molar-refractivity contribution is 5.82. The van der Waals surface area contributed by atoms with Crippen molar-refractivity contribution < 1.29 is 4.79 Å². The van der Waals surface area contributed by atoms with E-state index in [2.05, 4.69) is 0 Å². The van der Waals surface area contributed by atoms with Gasteiger partial charge in [-0.1, -0.05) is 13.3 Å². The van der Waals surface area contributed by atoms with E-state index in [4.69, 9.17) is 5.41 Å². The van der Waals surface area contributed by atoms with Crippen molar-refractivity contribution in [3.8, 4) is 0 Å². The fourth-order valence-electron chi connectivity index (χ4n) is 0.660. The van der Waals surface area contributed by atoms with Gasteiger partial charge in [0.05, 0.1) is 0 Å². The van der Waals surface area contributed by atoms with E-state index in [9.17, 15) is 4.79 Å². The second-order valence-electron chi connectivity index (χ2n) is 2.06. The van der Waals surface area contributed by atoms with E-state index < -0.39 is 0 Å². The van der Waals surface area contributed by atoms with Crippen LogP contribution >= 0.6 is 0 Å². The molecule has 0 amide bonds. The van der Waals surface area contributed by atoms with E-state index in [0.29, 0.717) is 18.6 Å². The lowest BCUT2D eigenvalue weighted by Gasteiger charge is -1.95. The molecule has 2 heteroatoms. The van der Waals surface area contributed by atoms with Gasteiger partial charge in [-0.3, -0.25) is 0 Å². The molecule has 52 valence electrons. The predicted molar refractivity (Wildman–Crippen MR) is 37.9 cm³/mol. The van der Waals surface area contributed by atoms with Gasteiger partial charge in [0.15, 0.2) is 0 Å². The van der Waals surface area contributed by atoms with E-state index in [1.54, 1.807) is 0 Å². The number of nitrogens with one attached hydrogen (secondary N) is 1. The molecular weight excluding hydrogens is 114 g/mol. The summed E-state index contributed by atoms with van der Waals surface area (Å²) in [5.74, 6) is 0. The largest absolute Gasteiger partial charge is 0.310 e. The van der Waals surface area contributed by atoms with Gasteiger partial charge in [-0.2, -0.15) is 0 Å². The lowest BCUT2D eigenvalue weighted by atomic mass is 10.1. The van der Waals surface area contributed by atoms with Gasteiger partial charge >= 0.3 is 0 Å². The third kappa shape index (κ3) is 5.21. The second-order valence-corrected chi connectivity index (χ2v) is 2.06. The molecular formula is C7H13NO. The maximum absolute atomic E-state index is 9.82. The van der Waals surface area contributed by atoms with Crippen LogP contribution < -0.4 is 0 Å². The van der Waals surface area contributed by atoms with Crippen LogP contribution in [0.4, 0.5) is 0 Å². The monoisotopic (exact) mass is 127 g/mol. The first-order valence-electron chi connectivity index (χ1n) is 3.31. The zero-order chi connectivity index (χ0) is 7.11. The van der Waals surface area contributed by atoms with Crippen molar-refractivity contribution >= 4 is 12.0 Å². The van der Waals surface area contributed by atoms with Gasteiger partial charge in [0.1, 0.15) is 6.29 Å². The van der Waals surface area contributed by atoms with Gasteiger partial charge in [-0.25, -0.2) is 0 Å².